The number of nitrogens with zero attached hydrogens (tertiary/aromatic N) is 4. The minimum absolute atomic E-state index is 0.229. The minimum Gasteiger partial charge on any atom is -0.355 e. The molecule has 1 amide bonds. The molecule has 0 aliphatic carbocycles. The third-order valence-corrected chi connectivity index (χ3v) is 6.65. The fraction of sp³-hybridized carbons (Fsp3) is 0.231. The number of amides is 1. The van der Waals surface area contributed by atoms with Gasteiger partial charge in [-0.15, -0.1) is 21.5 Å². The van der Waals surface area contributed by atoms with Crippen molar-refractivity contribution in [3.8, 4) is 21.8 Å². The molecule has 1 aliphatic rings. The predicted octanol–water partition coefficient (Wildman–Crippen LogP) is 5.90. The van der Waals surface area contributed by atoms with Crippen LogP contribution in [0.4, 0.5) is 11.5 Å². The van der Waals surface area contributed by atoms with Gasteiger partial charge in [0.25, 0.3) is 5.91 Å². The first-order chi connectivity index (χ1) is 16.3. The molecule has 1 aliphatic heterocycles. The Bertz CT molecular complexity index is 1210. The molecule has 3 heterocycles. The number of hydrogen-bond donors (Lipinski definition) is 1. The van der Waals surface area contributed by atoms with Crippen molar-refractivity contribution < 1.29 is 4.79 Å². The fourth-order valence-electron chi connectivity index (χ4n) is 3.99. The van der Waals surface area contributed by atoms with Gasteiger partial charge in [-0.2, -0.15) is 0 Å². The molecule has 33 heavy (non-hydrogen) atoms. The van der Waals surface area contributed by atoms with Crippen LogP contribution in [0, 0.1) is 0 Å². The summed E-state index contributed by atoms with van der Waals surface area (Å²) >= 11 is 1.46. The van der Waals surface area contributed by atoms with Crippen molar-refractivity contribution in [2.24, 2.45) is 0 Å². The number of thiazole rings is 1. The van der Waals surface area contributed by atoms with Gasteiger partial charge in [0, 0.05) is 35.3 Å². The van der Waals surface area contributed by atoms with E-state index in [0.717, 1.165) is 40.7 Å². The predicted molar refractivity (Wildman–Crippen MR) is 134 cm³/mol. The van der Waals surface area contributed by atoms with Crippen molar-refractivity contribution >= 4 is 28.7 Å². The van der Waals surface area contributed by atoms with Gasteiger partial charge in [0.1, 0.15) is 10.7 Å². The van der Waals surface area contributed by atoms with E-state index in [1.54, 1.807) is 5.38 Å². The summed E-state index contributed by atoms with van der Waals surface area (Å²) in [6.45, 7) is 2.08. The van der Waals surface area contributed by atoms with E-state index in [9.17, 15) is 4.79 Å². The minimum atomic E-state index is -0.229. The third-order valence-electron chi connectivity index (χ3n) is 5.75. The van der Waals surface area contributed by atoms with Gasteiger partial charge in [0.2, 0.25) is 0 Å². The normalized spacial score (nSPS) is 14.0. The Kier molecular flexibility index (Phi) is 6.39. The Labute approximate surface area is 197 Å². The second kappa shape index (κ2) is 9.92. The molecule has 1 saturated heterocycles. The Morgan fingerprint density at radius 2 is 1.64 bits per heavy atom. The van der Waals surface area contributed by atoms with Crippen molar-refractivity contribution in [2.45, 2.75) is 25.7 Å². The van der Waals surface area contributed by atoms with Crippen LogP contribution in [0.1, 0.15) is 36.2 Å². The van der Waals surface area contributed by atoms with Crippen molar-refractivity contribution in [1.29, 1.82) is 0 Å². The lowest BCUT2D eigenvalue weighted by Crippen LogP contribution is -2.25. The van der Waals surface area contributed by atoms with Crippen LogP contribution in [-0.2, 0) is 0 Å². The van der Waals surface area contributed by atoms with Gasteiger partial charge in [-0.3, -0.25) is 4.79 Å². The first-order valence-corrected chi connectivity index (χ1v) is 12.2. The molecule has 1 N–H and O–H groups in total. The highest BCUT2D eigenvalue weighted by Crippen LogP contribution is 2.25. The summed E-state index contributed by atoms with van der Waals surface area (Å²) in [4.78, 5) is 19.6. The lowest BCUT2D eigenvalue weighted by molar-refractivity contribution is 0.102. The maximum atomic E-state index is 12.8. The Morgan fingerprint density at radius 1 is 0.848 bits per heavy atom. The van der Waals surface area contributed by atoms with E-state index in [1.165, 1.54) is 37.0 Å². The smallest absolute Gasteiger partial charge is 0.275 e. The standard InChI is InChI=1S/C26H25N5OS/c32-25(23-18-33-26(28-23)19-9-4-3-5-10-19)27-21-12-8-11-20(17-21)22-13-14-24(30-29-22)31-15-6-1-2-7-16-31/h3-5,8-14,17-18H,1-2,6-7,15-16H2,(H,27,32). The summed E-state index contributed by atoms with van der Waals surface area (Å²) in [5, 5.41) is 14.5. The summed E-state index contributed by atoms with van der Waals surface area (Å²) in [6, 6.07) is 21.6. The van der Waals surface area contributed by atoms with Crippen LogP contribution in [0.2, 0.25) is 0 Å². The molecular formula is C26H25N5OS. The summed E-state index contributed by atoms with van der Waals surface area (Å²) in [7, 11) is 0. The van der Waals surface area contributed by atoms with Gasteiger partial charge in [-0.05, 0) is 37.1 Å². The molecule has 0 atom stereocenters. The van der Waals surface area contributed by atoms with Crippen LogP contribution < -0.4 is 10.2 Å². The molecule has 0 saturated carbocycles. The van der Waals surface area contributed by atoms with E-state index < -0.39 is 0 Å². The zero-order chi connectivity index (χ0) is 22.5. The van der Waals surface area contributed by atoms with Gasteiger partial charge >= 0.3 is 0 Å². The number of carbonyl (C=O) groups is 1. The van der Waals surface area contributed by atoms with Crippen molar-refractivity contribution in [3.05, 3.63) is 77.8 Å². The van der Waals surface area contributed by atoms with Gasteiger partial charge in [-0.1, -0.05) is 55.3 Å². The van der Waals surface area contributed by atoms with Crippen LogP contribution in [0.3, 0.4) is 0 Å². The SMILES string of the molecule is O=C(Nc1cccc(-c2ccc(N3CCCCCC3)nn2)c1)c1csc(-c2ccccc2)n1. The molecule has 0 unspecified atom stereocenters. The fourth-order valence-corrected chi connectivity index (χ4v) is 4.80. The molecule has 0 radical (unpaired) electrons. The summed E-state index contributed by atoms with van der Waals surface area (Å²) in [5.41, 5.74) is 3.80. The maximum Gasteiger partial charge on any atom is 0.275 e. The van der Waals surface area contributed by atoms with Gasteiger partial charge in [0.15, 0.2) is 5.82 Å². The number of hydrogen-bond acceptors (Lipinski definition) is 6. The highest BCUT2D eigenvalue weighted by molar-refractivity contribution is 7.13. The van der Waals surface area contributed by atoms with E-state index in [1.807, 2.05) is 66.7 Å². The Balaban J connectivity index is 1.28. The van der Waals surface area contributed by atoms with Crippen LogP contribution in [0.15, 0.2) is 72.1 Å². The van der Waals surface area contributed by atoms with Crippen LogP contribution in [-0.4, -0.2) is 34.2 Å². The van der Waals surface area contributed by atoms with Crippen LogP contribution >= 0.6 is 11.3 Å². The highest BCUT2D eigenvalue weighted by atomic mass is 32.1. The topological polar surface area (TPSA) is 71.0 Å². The molecule has 0 spiro atoms. The average Bonchev–Trinajstić information content (AvgIpc) is 3.21. The van der Waals surface area contributed by atoms with Gasteiger partial charge in [-0.25, -0.2) is 4.98 Å². The van der Waals surface area contributed by atoms with Crippen LogP contribution in [0.5, 0.6) is 0 Å². The monoisotopic (exact) mass is 455 g/mol. The average molecular weight is 456 g/mol. The third kappa shape index (κ3) is 5.09. The largest absolute Gasteiger partial charge is 0.355 e. The van der Waals surface area contributed by atoms with E-state index >= 15 is 0 Å². The van der Waals surface area contributed by atoms with E-state index in [2.05, 4.69) is 25.4 Å². The van der Waals surface area contributed by atoms with Crippen LogP contribution in [0.25, 0.3) is 21.8 Å². The molecule has 7 heteroatoms. The zero-order valence-corrected chi connectivity index (χ0v) is 19.1. The highest BCUT2D eigenvalue weighted by Gasteiger charge is 2.14. The quantitative estimate of drug-likeness (QED) is 0.406. The molecule has 6 nitrogen and oxygen atoms in total. The molecule has 0 bridgehead atoms. The Hall–Kier alpha value is -3.58. The molecular weight excluding hydrogens is 430 g/mol. The van der Waals surface area contributed by atoms with E-state index in [0.29, 0.717) is 11.4 Å². The number of carbonyl (C=O) groups excluding carboxylic acids is 1. The lowest BCUT2D eigenvalue weighted by atomic mass is 10.1. The van der Waals surface area contributed by atoms with Gasteiger partial charge < -0.3 is 10.2 Å². The molecule has 5 rings (SSSR count). The summed E-state index contributed by atoms with van der Waals surface area (Å²) < 4.78 is 0. The number of nitrogens with one attached hydrogen (secondary N) is 1. The van der Waals surface area contributed by atoms with Crippen molar-refractivity contribution in [2.75, 3.05) is 23.3 Å². The zero-order valence-electron chi connectivity index (χ0n) is 18.3. The molecule has 2 aromatic heterocycles. The maximum absolute atomic E-state index is 12.8. The second-order valence-corrected chi connectivity index (χ2v) is 8.97. The second-order valence-electron chi connectivity index (χ2n) is 8.12. The first kappa shape index (κ1) is 21.3. The van der Waals surface area contributed by atoms with Crippen molar-refractivity contribution in [3.63, 3.8) is 0 Å². The van der Waals surface area contributed by atoms with E-state index in [-0.39, 0.29) is 5.91 Å². The van der Waals surface area contributed by atoms with Gasteiger partial charge in [0.05, 0.1) is 5.69 Å². The number of anilines is 2. The molecule has 4 aromatic rings. The molecule has 2 aromatic carbocycles. The Morgan fingerprint density at radius 3 is 2.39 bits per heavy atom. The number of aromatic nitrogens is 3. The lowest BCUT2D eigenvalue weighted by Gasteiger charge is -2.20. The summed E-state index contributed by atoms with van der Waals surface area (Å²) in [6.07, 6.45) is 4.98. The first-order valence-electron chi connectivity index (χ1n) is 11.3. The number of benzene rings is 2. The summed E-state index contributed by atoms with van der Waals surface area (Å²) in [5.74, 6) is 0.705. The molecule has 166 valence electrons. The van der Waals surface area contributed by atoms with E-state index in [4.69, 9.17) is 0 Å². The molecule has 1 fully saturated rings. The van der Waals surface area contributed by atoms with Crippen molar-refractivity contribution in [1.82, 2.24) is 15.2 Å². The number of rotatable bonds is 5.